The fourth-order valence-electron chi connectivity index (χ4n) is 2.43. The molecule has 2 aromatic heterocycles. The first-order chi connectivity index (χ1) is 12.0. The topological polar surface area (TPSA) is 72.7 Å². The van der Waals surface area contributed by atoms with Gasteiger partial charge in [-0.1, -0.05) is 35.5 Å². The van der Waals surface area contributed by atoms with Crippen LogP contribution in [0.3, 0.4) is 0 Å². The second-order valence-corrected chi connectivity index (χ2v) is 6.68. The van der Waals surface area contributed by atoms with Gasteiger partial charge in [-0.05, 0) is 37.6 Å². The molecule has 3 aromatic rings. The molecule has 0 aliphatic rings. The number of amides is 1. The molecule has 0 saturated carbocycles. The fraction of sp³-hybridized carbons (Fsp3) is 0.222. The molecule has 0 spiro atoms. The lowest BCUT2D eigenvalue weighted by Crippen LogP contribution is -2.15. The zero-order valence-electron chi connectivity index (χ0n) is 14.4. The van der Waals surface area contributed by atoms with Gasteiger partial charge in [0.1, 0.15) is 5.69 Å². The highest BCUT2D eigenvalue weighted by Crippen LogP contribution is 2.22. The highest BCUT2D eigenvalue weighted by Gasteiger charge is 2.14. The Bertz CT molecular complexity index is 892. The van der Waals surface area contributed by atoms with Gasteiger partial charge in [0, 0.05) is 18.9 Å². The van der Waals surface area contributed by atoms with E-state index in [1.165, 1.54) is 17.3 Å². The molecule has 0 radical (unpaired) electrons. The van der Waals surface area contributed by atoms with Gasteiger partial charge in [-0.2, -0.15) is 0 Å². The van der Waals surface area contributed by atoms with E-state index in [-0.39, 0.29) is 11.7 Å². The molecule has 0 unspecified atom stereocenters. The Balaban J connectivity index is 1.64. The lowest BCUT2D eigenvalue weighted by atomic mass is 10.1. The molecular formula is C18H19N5OS. The quantitative estimate of drug-likeness (QED) is 0.713. The van der Waals surface area contributed by atoms with Crippen LogP contribution in [0.2, 0.25) is 0 Å². The predicted octanol–water partition coefficient (Wildman–Crippen LogP) is 3.22. The Hall–Kier alpha value is -2.67. The summed E-state index contributed by atoms with van der Waals surface area (Å²) in [6.45, 7) is 4.01. The van der Waals surface area contributed by atoms with Crippen molar-refractivity contribution in [3.63, 3.8) is 0 Å². The summed E-state index contributed by atoms with van der Waals surface area (Å²) in [5, 5.41) is 11.9. The Morgan fingerprint density at radius 1 is 1.20 bits per heavy atom. The number of benzene rings is 1. The first-order valence-electron chi connectivity index (χ1n) is 7.85. The van der Waals surface area contributed by atoms with Crippen molar-refractivity contribution in [3.8, 4) is 11.5 Å². The Morgan fingerprint density at radius 2 is 2.04 bits per heavy atom. The highest BCUT2D eigenvalue weighted by atomic mass is 32.2. The number of aryl methyl sites for hydroxylation is 2. The third-order valence-corrected chi connectivity index (χ3v) is 4.74. The zero-order chi connectivity index (χ0) is 17.8. The van der Waals surface area contributed by atoms with Gasteiger partial charge in [0.15, 0.2) is 11.0 Å². The van der Waals surface area contributed by atoms with Crippen LogP contribution in [-0.2, 0) is 11.8 Å². The zero-order valence-corrected chi connectivity index (χ0v) is 15.2. The van der Waals surface area contributed by atoms with Crippen molar-refractivity contribution in [3.05, 3.63) is 53.7 Å². The van der Waals surface area contributed by atoms with Gasteiger partial charge in [0.05, 0.1) is 5.75 Å². The monoisotopic (exact) mass is 353 g/mol. The predicted molar refractivity (Wildman–Crippen MR) is 99.5 cm³/mol. The van der Waals surface area contributed by atoms with E-state index in [1.54, 1.807) is 6.20 Å². The normalized spacial score (nSPS) is 10.7. The van der Waals surface area contributed by atoms with E-state index >= 15 is 0 Å². The van der Waals surface area contributed by atoms with E-state index in [2.05, 4.69) is 20.5 Å². The molecule has 0 saturated heterocycles. The molecule has 1 amide bonds. The van der Waals surface area contributed by atoms with E-state index in [4.69, 9.17) is 0 Å². The average molecular weight is 353 g/mol. The smallest absolute Gasteiger partial charge is 0.234 e. The lowest BCUT2D eigenvalue weighted by Gasteiger charge is -2.09. The molecule has 25 heavy (non-hydrogen) atoms. The molecule has 7 heteroatoms. The van der Waals surface area contributed by atoms with E-state index < -0.39 is 0 Å². The molecular weight excluding hydrogens is 334 g/mol. The van der Waals surface area contributed by atoms with Gasteiger partial charge in [0.25, 0.3) is 0 Å². The fourth-order valence-corrected chi connectivity index (χ4v) is 3.14. The van der Waals surface area contributed by atoms with Crippen LogP contribution in [0.1, 0.15) is 11.1 Å². The number of nitrogens with zero attached hydrogens (tertiary/aromatic N) is 4. The summed E-state index contributed by atoms with van der Waals surface area (Å²) >= 11 is 1.35. The van der Waals surface area contributed by atoms with Gasteiger partial charge < -0.3 is 9.88 Å². The molecule has 0 fully saturated rings. The number of anilines is 1. The van der Waals surface area contributed by atoms with E-state index in [0.717, 1.165) is 16.9 Å². The third kappa shape index (κ3) is 4.06. The number of nitrogens with one attached hydrogen (secondary N) is 1. The van der Waals surface area contributed by atoms with Crippen molar-refractivity contribution in [2.75, 3.05) is 11.1 Å². The molecule has 1 N–H and O–H groups in total. The molecule has 128 valence electrons. The summed E-state index contributed by atoms with van der Waals surface area (Å²) in [4.78, 5) is 16.5. The Kier molecular flexibility index (Phi) is 5.14. The van der Waals surface area contributed by atoms with Crippen LogP contribution in [-0.4, -0.2) is 31.4 Å². The van der Waals surface area contributed by atoms with E-state index in [9.17, 15) is 4.79 Å². The number of carbonyl (C=O) groups excluding carboxylic acids is 1. The average Bonchev–Trinajstić information content (AvgIpc) is 2.97. The molecule has 0 aliphatic heterocycles. The second-order valence-electron chi connectivity index (χ2n) is 5.74. The number of thioether (sulfide) groups is 1. The maximum Gasteiger partial charge on any atom is 0.234 e. The van der Waals surface area contributed by atoms with Crippen LogP contribution in [0.15, 0.2) is 47.8 Å². The summed E-state index contributed by atoms with van der Waals surface area (Å²) in [6.07, 6.45) is 1.72. The van der Waals surface area contributed by atoms with Crippen molar-refractivity contribution in [1.29, 1.82) is 0 Å². The van der Waals surface area contributed by atoms with Crippen LogP contribution >= 0.6 is 11.8 Å². The number of hydrogen-bond acceptors (Lipinski definition) is 5. The van der Waals surface area contributed by atoms with Crippen LogP contribution in [0.4, 0.5) is 5.69 Å². The van der Waals surface area contributed by atoms with Gasteiger partial charge in [-0.25, -0.2) is 0 Å². The van der Waals surface area contributed by atoms with Crippen LogP contribution in [0.25, 0.3) is 11.5 Å². The van der Waals surface area contributed by atoms with Gasteiger partial charge in [-0.15, -0.1) is 10.2 Å². The maximum absolute atomic E-state index is 12.2. The van der Waals surface area contributed by atoms with Gasteiger partial charge >= 0.3 is 0 Å². The summed E-state index contributed by atoms with van der Waals surface area (Å²) in [5.41, 5.74) is 3.81. The number of carbonyl (C=O) groups is 1. The van der Waals surface area contributed by atoms with Crippen molar-refractivity contribution in [1.82, 2.24) is 19.7 Å². The Labute approximate surface area is 150 Å². The SMILES string of the molecule is Cc1ccc(NC(=O)CSc2nnc(-c3ccccn3)n2C)c(C)c1. The van der Waals surface area contributed by atoms with E-state index in [0.29, 0.717) is 11.0 Å². The van der Waals surface area contributed by atoms with Crippen molar-refractivity contribution in [2.45, 2.75) is 19.0 Å². The lowest BCUT2D eigenvalue weighted by molar-refractivity contribution is -0.113. The van der Waals surface area contributed by atoms with Crippen LogP contribution in [0, 0.1) is 13.8 Å². The molecule has 2 heterocycles. The number of rotatable bonds is 5. The van der Waals surface area contributed by atoms with Crippen molar-refractivity contribution in [2.24, 2.45) is 7.05 Å². The standard InChI is InChI=1S/C18H19N5OS/c1-12-7-8-14(13(2)10-12)20-16(24)11-25-18-22-21-17(23(18)3)15-6-4-5-9-19-15/h4-10H,11H2,1-3H3,(H,20,24). The Morgan fingerprint density at radius 3 is 2.76 bits per heavy atom. The summed E-state index contributed by atoms with van der Waals surface area (Å²) in [6, 6.07) is 11.6. The first-order valence-corrected chi connectivity index (χ1v) is 8.84. The van der Waals surface area contributed by atoms with E-state index in [1.807, 2.05) is 61.9 Å². The molecule has 0 atom stereocenters. The number of aromatic nitrogens is 4. The maximum atomic E-state index is 12.2. The number of pyridine rings is 1. The third-order valence-electron chi connectivity index (χ3n) is 3.72. The molecule has 6 nitrogen and oxygen atoms in total. The minimum Gasteiger partial charge on any atom is -0.325 e. The summed E-state index contributed by atoms with van der Waals surface area (Å²) in [7, 11) is 1.87. The molecule has 0 bridgehead atoms. The van der Waals surface area contributed by atoms with Crippen molar-refractivity contribution < 1.29 is 4.79 Å². The van der Waals surface area contributed by atoms with Crippen molar-refractivity contribution >= 4 is 23.4 Å². The van der Waals surface area contributed by atoms with Crippen LogP contribution < -0.4 is 5.32 Å². The molecule has 1 aromatic carbocycles. The first kappa shape index (κ1) is 17.2. The van der Waals surface area contributed by atoms with Crippen LogP contribution in [0.5, 0.6) is 0 Å². The largest absolute Gasteiger partial charge is 0.325 e. The number of hydrogen-bond donors (Lipinski definition) is 1. The molecule has 0 aliphatic carbocycles. The van der Waals surface area contributed by atoms with Gasteiger partial charge in [0.2, 0.25) is 5.91 Å². The second kappa shape index (κ2) is 7.48. The highest BCUT2D eigenvalue weighted by molar-refractivity contribution is 7.99. The minimum atomic E-state index is -0.0701. The summed E-state index contributed by atoms with van der Waals surface area (Å²) < 4.78 is 1.84. The summed E-state index contributed by atoms with van der Waals surface area (Å²) in [5.74, 6) is 0.874. The molecule has 3 rings (SSSR count). The minimum absolute atomic E-state index is 0.0701. The van der Waals surface area contributed by atoms with Gasteiger partial charge in [-0.3, -0.25) is 9.78 Å².